The minimum absolute atomic E-state index is 0.142. The minimum Gasteiger partial charge on any atom is -0.481 e. The van der Waals surface area contributed by atoms with Gasteiger partial charge in [-0.05, 0) is 34.9 Å². The predicted octanol–water partition coefficient (Wildman–Crippen LogP) is 1.26. The molecular weight excluding hydrogens is 488 g/mol. The van der Waals surface area contributed by atoms with E-state index in [0.717, 1.165) is 16.7 Å². The minimum atomic E-state index is -1.33. The number of hydrogen-bond donors (Lipinski definition) is 6. The molecule has 3 aromatic carbocycles. The predicted molar refractivity (Wildman–Crippen MR) is 142 cm³/mol. The molecule has 0 aliphatic heterocycles. The van der Waals surface area contributed by atoms with Crippen molar-refractivity contribution in [1.82, 2.24) is 16.0 Å². The Bertz CT molecular complexity index is 1320. The Hall–Kier alpha value is -5.19. The van der Waals surface area contributed by atoms with Gasteiger partial charge < -0.3 is 32.5 Å². The van der Waals surface area contributed by atoms with Gasteiger partial charge in [0.25, 0.3) is 5.91 Å². The third kappa shape index (κ3) is 8.48. The number of aliphatic imine (C=N–C) groups is 1. The first-order chi connectivity index (χ1) is 18.2. The summed E-state index contributed by atoms with van der Waals surface area (Å²) in [6, 6.07) is 22.1. The van der Waals surface area contributed by atoms with E-state index in [4.69, 9.17) is 11.5 Å². The Labute approximate surface area is 218 Å². The maximum Gasteiger partial charge on any atom is 0.305 e. The Morgan fingerprint density at radius 3 is 2.18 bits per heavy atom. The first-order valence-electron chi connectivity index (χ1n) is 11.6. The molecule has 0 aliphatic rings. The molecule has 0 saturated carbocycles. The van der Waals surface area contributed by atoms with Crippen LogP contribution in [-0.4, -0.2) is 47.3 Å². The van der Waals surface area contributed by atoms with Gasteiger partial charge in [-0.2, -0.15) is 0 Å². The highest BCUT2D eigenvalue weighted by molar-refractivity contribution is 5.98. The lowest BCUT2D eigenvalue weighted by molar-refractivity contribution is -0.140. The van der Waals surface area contributed by atoms with Gasteiger partial charge in [0.1, 0.15) is 6.04 Å². The van der Waals surface area contributed by atoms with E-state index in [9.17, 15) is 24.3 Å². The second-order valence-electron chi connectivity index (χ2n) is 8.27. The number of carbonyl (C=O) groups is 4. The number of aliphatic carboxylic acids is 1. The highest BCUT2D eigenvalue weighted by Crippen LogP contribution is 2.19. The second kappa shape index (κ2) is 13.2. The Morgan fingerprint density at radius 2 is 1.53 bits per heavy atom. The third-order valence-electron chi connectivity index (χ3n) is 5.33. The molecule has 0 unspecified atom stereocenters. The fourth-order valence-electron chi connectivity index (χ4n) is 3.52. The van der Waals surface area contributed by atoms with Crippen molar-refractivity contribution in [3.63, 3.8) is 0 Å². The van der Waals surface area contributed by atoms with Crippen LogP contribution in [0.2, 0.25) is 0 Å². The fraction of sp³-hybridized carbons (Fsp3) is 0.148. The van der Waals surface area contributed by atoms with Crippen LogP contribution in [0.5, 0.6) is 0 Å². The molecular formula is C27H28N6O5. The number of benzene rings is 3. The van der Waals surface area contributed by atoms with Crippen LogP contribution >= 0.6 is 0 Å². The molecule has 0 spiro atoms. The van der Waals surface area contributed by atoms with Gasteiger partial charge in [-0.15, -0.1) is 0 Å². The number of carbonyl (C=O) groups excluding carboxylic acids is 3. The molecule has 0 bridgehead atoms. The quantitative estimate of drug-likeness (QED) is 0.163. The highest BCUT2D eigenvalue weighted by Gasteiger charge is 2.24. The Balaban J connectivity index is 1.54. The smallest absolute Gasteiger partial charge is 0.305 e. The molecule has 0 radical (unpaired) electrons. The zero-order valence-electron chi connectivity index (χ0n) is 20.4. The van der Waals surface area contributed by atoms with Crippen LogP contribution in [0.4, 0.5) is 5.69 Å². The van der Waals surface area contributed by atoms with Crippen molar-refractivity contribution >= 4 is 35.3 Å². The SMILES string of the molecule is NC(N)=Nc1cccc(C(=O)NCC(=O)N[C@@H](CC(=O)O)C(=O)NCc2ccc(-c3ccccc3)cc2)c1. The van der Waals surface area contributed by atoms with Crippen LogP contribution in [0.1, 0.15) is 22.3 Å². The van der Waals surface area contributed by atoms with E-state index in [-0.39, 0.29) is 18.1 Å². The largest absolute Gasteiger partial charge is 0.481 e. The summed E-state index contributed by atoms with van der Waals surface area (Å²) in [4.78, 5) is 52.5. The number of carboxylic acid groups (broad SMARTS) is 1. The van der Waals surface area contributed by atoms with Crippen LogP contribution in [0.25, 0.3) is 11.1 Å². The number of nitrogens with one attached hydrogen (secondary N) is 3. The van der Waals surface area contributed by atoms with Crippen molar-refractivity contribution in [3.8, 4) is 11.1 Å². The van der Waals surface area contributed by atoms with Crippen molar-refractivity contribution in [3.05, 3.63) is 90.0 Å². The standard InChI is InChI=1S/C27H28N6O5/c28-27(29)32-21-8-4-7-20(13-21)25(37)31-16-23(34)33-22(14-24(35)36)26(38)30-15-17-9-11-19(12-10-17)18-5-2-1-3-6-18/h1-13,22H,14-16H2,(H,30,38)(H,31,37)(H,33,34)(H,35,36)(H4,28,29,32)/t22-/m0/s1. The van der Waals surface area contributed by atoms with Crippen LogP contribution in [0.15, 0.2) is 83.9 Å². The zero-order valence-corrected chi connectivity index (χ0v) is 20.4. The number of hydrogen-bond acceptors (Lipinski definition) is 5. The van der Waals surface area contributed by atoms with Gasteiger partial charge in [-0.25, -0.2) is 4.99 Å². The molecule has 0 aliphatic carbocycles. The maximum absolute atomic E-state index is 12.7. The molecule has 3 rings (SSSR count). The molecule has 38 heavy (non-hydrogen) atoms. The third-order valence-corrected chi connectivity index (χ3v) is 5.33. The van der Waals surface area contributed by atoms with E-state index in [0.29, 0.717) is 5.69 Å². The molecule has 0 aromatic heterocycles. The topological polar surface area (TPSA) is 189 Å². The lowest BCUT2D eigenvalue weighted by Gasteiger charge is -2.17. The van der Waals surface area contributed by atoms with Gasteiger partial charge in [-0.3, -0.25) is 19.2 Å². The van der Waals surface area contributed by atoms with Crippen molar-refractivity contribution in [2.45, 2.75) is 19.0 Å². The van der Waals surface area contributed by atoms with Crippen LogP contribution in [-0.2, 0) is 20.9 Å². The van der Waals surface area contributed by atoms with E-state index in [1.54, 1.807) is 12.1 Å². The van der Waals surface area contributed by atoms with E-state index in [1.807, 2.05) is 54.6 Å². The van der Waals surface area contributed by atoms with Crippen LogP contribution in [0, 0.1) is 0 Å². The summed E-state index contributed by atoms with van der Waals surface area (Å²) >= 11 is 0. The normalized spacial score (nSPS) is 11.1. The van der Waals surface area contributed by atoms with Gasteiger partial charge >= 0.3 is 5.97 Å². The van der Waals surface area contributed by atoms with Crippen molar-refractivity contribution < 1.29 is 24.3 Å². The molecule has 3 amide bonds. The lowest BCUT2D eigenvalue weighted by atomic mass is 10.0. The second-order valence-corrected chi connectivity index (χ2v) is 8.27. The Morgan fingerprint density at radius 1 is 0.842 bits per heavy atom. The average Bonchev–Trinajstić information content (AvgIpc) is 2.90. The van der Waals surface area contributed by atoms with Gasteiger partial charge in [0.05, 0.1) is 18.7 Å². The lowest BCUT2D eigenvalue weighted by Crippen LogP contribution is -2.50. The molecule has 196 valence electrons. The summed E-state index contributed by atoms with van der Waals surface area (Å²) in [5.41, 5.74) is 14.1. The number of nitrogens with two attached hydrogens (primary N) is 2. The number of nitrogens with zero attached hydrogens (tertiary/aromatic N) is 1. The van der Waals surface area contributed by atoms with Crippen LogP contribution < -0.4 is 27.4 Å². The van der Waals surface area contributed by atoms with Gasteiger partial charge in [0.2, 0.25) is 11.8 Å². The number of guanidine groups is 1. The van der Waals surface area contributed by atoms with Gasteiger partial charge in [0, 0.05) is 12.1 Å². The van der Waals surface area contributed by atoms with Crippen LogP contribution in [0.3, 0.4) is 0 Å². The summed E-state index contributed by atoms with van der Waals surface area (Å²) in [7, 11) is 0. The molecule has 11 heteroatoms. The Kier molecular flexibility index (Phi) is 9.52. The molecule has 0 heterocycles. The van der Waals surface area contributed by atoms with E-state index >= 15 is 0 Å². The highest BCUT2D eigenvalue weighted by atomic mass is 16.4. The van der Waals surface area contributed by atoms with Gasteiger partial charge in [0.15, 0.2) is 5.96 Å². The zero-order chi connectivity index (χ0) is 27.5. The summed E-state index contributed by atoms with van der Waals surface area (Å²) in [5, 5.41) is 16.6. The molecule has 1 atom stereocenters. The van der Waals surface area contributed by atoms with Crippen molar-refractivity contribution in [2.75, 3.05) is 6.54 Å². The first kappa shape index (κ1) is 27.4. The number of amides is 3. The molecule has 0 fully saturated rings. The molecule has 3 aromatic rings. The maximum atomic E-state index is 12.7. The number of carboxylic acids is 1. The molecule has 0 saturated heterocycles. The first-order valence-corrected chi connectivity index (χ1v) is 11.6. The van der Waals surface area contributed by atoms with E-state index < -0.39 is 42.7 Å². The van der Waals surface area contributed by atoms with Crippen molar-refractivity contribution in [2.24, 2.45) is 16.5 Å². The van der Waals surface area contributed by atoms with Gasteiger partial charge in [-0.1, -0.05) is 60.7 Å². The summed E-state index contributed by atoms with van der Waals surface area (Å²) in [6.45, 7) is -0.335. The number of rotatable bonds is 11. The average molecular weight is 517 g/mol. The summed E-state index contributed by atoms with van der Waals surface area (Å²) in [6.07, 6.45) is -0.626. The summed E-state index contributed by atoms with van der Waals surface area (Å²) in [5.74, 6) is -3.41. The summed E-state index contributed by atoms with van der Waals surface area (Å²) < 4.78 is 0. The molecule has 8 N–H and O–H groups in total. The van der Waals surface area contributed by atoms with E-state index in [1.165, 1.54) is 12.1 Å². The molecule has 11 nitrogen and oxygen atoms in total. The fourth-order valence-corrected chi connectivity index (χ4v) is 3.52. The van der Waals surface area contributed by atoms with Crippen molar-refractivity contribution in [1.29, 1.82) is 0 Å². The monoisotopic (exact) mass is 516 g/mol. The van der Waals surface area contributed by atoms with E-state index in [2.05, 4.69) is 20.9 Å².